The van der Waals surface area contributed by atoms with Crippen molar-refractivity contribution < 1.29 is 42.6 Å². The van der Waals surface area contributed by atoms with Gasteiger partial charge in [0.05, 0.1) is 0 Å². The first-order chi connectivity index (χ1) is 12.5. The van der Waals surface area contributed by atoms with Gasteiger partial charge in [-0.1, -0.05) is 42.1 Å². The highest BCUT2D eigenvalue weighted by Crippen LogP contribution is 2.14. The quantitative estimate of drug-likeness (QED) is 0.523. The molecule has 1 amide bonds. The summed E-state index contributed by atoms with van der Waals surface area (Å²) in [6, 6.07) is 7.44. The Kier molecular flexibility index (Phi) is 10.8. The predicted molar refractivity (Wildman–Crippen MR) is 90.2 cm³/mol. The Morgan fingerprint density at radius 1 is 1.11 bits per heavy atom. The summed E-state index contributed by atoms with van der Waals surface area (Å²) in [5, 5.41) is 18.2. The second-order valence-electron chi connectivity index (χ2n) is 4.76. The number of rotatable bonds is 7. The van der Waals surface area contributed by atoms with Gasteiger partial charge in [0.2, 0.25) is 11.0 Å². The summed E-state index contributed by atoms with van der Waals surface area (Å²) in [5.74, 6) is -4.40. The van der Waals surface area contributed by atoms with E-state index in [1.165, 1.54) is 0 Å². The molecule has 0 heterocycles. The number of hydrogen-bond acceptors (Lipinski definition) is 6. The van der Waals surface area contributed by atoms with E-state index in [0.29, 0.717) is 5.56 Å². The molecule has 0 spiro atoms. The minimum Gasteiger partial charge on any atom is -0.480 e. The van der Waals surface area contributed by atoms with Crippen LogP contribution in [0.3, 0.4) is 0 Å². The van der Waals surface area contributed by atoms with Crippen LogP contribution in [-0.4, -0.2) is 57.7 Å². The fourth-order valence-electron chi connectivity index (χ4n) is 1.39. The summed E-state index contributed by atoms with van der Waals surface area (Å²) in [6.07, 6.45) is -5.03. The number of aliphatic carboxylic acids is 2. The highest BCUT2D eigenvalue weighted by Gasteiger charge is 2.38. The number of nitrogens with one attached hydrogen (secondary N) is 1. The Hall–Kier alpha value is -2.60. The van der Waals surface area contributed by atoms with Crippen molar-refractivity contribution in [1.82, 2.24) is 5.32 Å². The van der Waals surface area contributed by atoms with E-state index in [1.54, 1.807) is 30.3 Å². The molecule has 0 aliphatic heterocycles. The first-order valence-electron chi connectivity index (χ1n) is 7.23. The van der Waals surface area contributed by atoms with Crippen LogP contribution in [-0.2, 0) is 14.4 Å². The van der Waals surface area contributed by atoms with Crippen LogP contribution in [0.1, 0.15) is 16.8 Å². The van der Waals surface area contributed by atoms with E-state index in [0.717, 1.165) is 11.8 Å². The van der Waals surface area contributed by atoms with Gasteiger partial charge in [0.15, 0.2) is 0 Å². The van der Waals surface area contributed by atoms with Crippen molar-refractivity contribution in [3.63, 3.8) is 0 Å². The number of nitrogens with two attached hydrogens (primary N) is 1. The lowest BCUT2D eigenvalue weighted by Crippen LogP contribution is -2.43. The monoisotopic (exact) mass is 410 g/mol. The molecule has 0 aliphatic rings. The van der Waals surface area contributed by atoms with Gasteiger partial charge in [-0.05, 0) is 0 Å². The van der Waals surface area contributed by atoms with Gasteiger partial charge in [-0.15, -0.1) is 0 Å². The predicted octanol–water partition coefficient (Wildman–Crippen LogP) is 1.11. The van der Waals surface area contributed by atoms with Crippen molar-refractivity contribution >= 4 is 34.7 Å². The lowest BCUT2D eigenvalue weighted by Gasteiger charge is -2.13. The number of alkyl halides is 3. The molecular weight excluding hydrogens is 393 g/mol. The number of thioether (sulfide) groups is 1. The molecule has 0 unspecified atom stereocenters. The van der Waals surface area contributed by atoms with Crippen LogP contribution >= 0.6 is 11.8 Å². The van der Waals surface area contributed by atoms with E-state index in [4.69, 9.17) is 20.7 Å². The van der Waals surface area contributed by atoms with Gasteiger partial charge in [-0.3, -0.25) is 9.59 Å². The van der Waals surface area contributed by atoms with E-state index >= 15 is 0 Å². The van der Waals surface area contributed by atoms with E-state index in [9.17, 15) is 27.6 Å². The van der Waals surface area contributed by atoms with Crippen molar-refractivity contribution in [1.29, 1.82) is 0 Å². The van der Waals surface area contributed by atoms with E-state index < -0.39 is 30.1 Å². The van der Waals surface area contributed by atoms with Gasteiger partial charge in [-0.25, -0.2) is 9.59 Å². The van der Waals surface area contributed by atoms with Crippen LogP contribution in [0.25, 0.3) is 0 Å². The molecule has 1 atom stereocenters. The first-order valence-corrected chi connectivity index (χ1v) is 8.22. The van der Waals surface area contributed by atoms with Crippen molar-refractivity contribution in [2.24, 2.45) is 5.73 Å². The molecule has 8 nitrogen and oxygen atoms in total. The molecule has 0 bridgehead atoms. The van der Waals surface area contributed by atoms with Crippen LogP contribution < -0.4 is 11.1 Å². The molecule has 1 rings (SSSR count). The Balaban J connectivity index is 0.000000821. The maximum atomic E-state index is 11.8. The van der Waals surface area contributed by atoms with Crippen LogP contribution in [0, 0.1) is 0 Å². The molecule has 150 valence electrons. The molecule has 0 saturated carbocycles. The molecule has 0 aromatic heterocycles. The van der Waals surface area contributed by atoms with Gasteiger partial charge in [-0.2, -0.15) is 13.2 Å². The number of carboxylic acid groups (broad SMARTS) is 2. The summed E-state index contributed by atoms with van der Waals surface area (Å²) >= 11 is 0.860. The highest BCUT2D eigenvalue weighted by atomic mass is 32.2. The first kappa shape index (κ1) is 24.4. The lowest BCUT2D eigenvalue weighted by molar-refractivity contribution is -0.192. The molecule has 12 heteroatoms. The molecule has 27 heavy (non-hydrogen) atoms. The second-order valence-corrected chi connectivity index (χ2v) is 5.76. The molecule has 0 fully saturated rings. The lowest BCUT2D eigenvalue weighted by atomic mass is 10.2. The molecule has 1 aromatic carbocycles. The number of benzene rings is 1. The fourth-order valence-corrected chi connectivity index (χ4v) is 2.24. The van der Waals surface area contributed by atoms with Gasteiger partial charge in [0.1, 0.15) is 6.04 Å². The summed E-state index contributed by atoms with van der Waals surface area (Å²) < 4.78 is 31.7. The van der Waals surface area contributed by atoms with Gasteiger partial charge >= 0.3 is 18.1 Å². The average Bonchev–Trinajstić information content (AvgIpc) is 2.58. The Morgan fingerprint density at radius 2 is 1.63 bits per heavy atom. The molecular formula is C15H17F3N2O6S. The molecule has 0 saturated heterocycles. The van der Waals surface area contributed by atoms with Crippen LogP contribution in [0.2, 0.25) is 0 Å². The normalized spacial score (nSPS) is 11.6. The topological polar surface area (TPSA) is 147 Å². The molecule has 5 N–H and O–H groups in total. The zero-order chi connectivity index (χ0) is 21.0. The van der Waals surface area contributed by atoms with Gasteiger partial charge in [0, 0.05) is 24.3 Å². The number of hydrogen-bond donors (Lipinski definition) is 4. The molecule has 0 aliphatic carbocycles. The second kappa shape index (κ2) is 11.9. The SMILES string of the molecule is NCCC(=O)N[C@@H](CSC(=O)c1ccccc1)C(=O)O.O=C(O)C(F)(F)F. The van der Waals surface area contributed by atoms with Crippen molar-refractivity contribution in [3.8, 4) is 0 Å². The smallest absolute Gasteiger partial charge is 0.480 e. The number of carbonyl (C=O) groups is 4. The average molecular weight is 410 g/mol. The Labute approximate surface area is 155 Å². The third kappa shape index (κ3) is 10.9. The van der Waals surface area contributed by atoms with E-state index in [-0.39, 0.29) is 23.8 Å². The van der Waals surface area contributed by atoms with Crippen LogP contribution in [0.15, 0.2) is 30.3 Å². The largest absolute Gasteiger partial charge is 0.490 e. The number of carboxylic acids is 2. The Bertz CT molecular complexity index is 655. The van der Waals surface area contributed by atoms with Gasteiger partial charge < -0.3 is 21.3 Å². The maximum Gasteiger partial charge on any atom is 0.490 e. The van der Waals surface area contributed by atoms with Crippen molar-refractivity contribution in [2.45, 2.75) is 18.6 Å². The molecule has 0 radical (unpaired) electrons. The summed E-state index contributed by atoms with van der Waals surface area (Å²) in [5.41, 5.74) is 5.71. The van der Waals surface area contributed by atoms with Crippen molar-refractivity contribution in [2.75, 3.05) is 12.3 Å². The molecule has 1 aromatic rings. The summed E-state index contributed by atoms with van der Waals surface area (Å²) in [6.45, 7) is 0.147. The summed E-state index contributed by atoms with van der Waals surface area (Å²) in [7, 11) is 0. The summed E-state index contributed by atoms with van der Waals surface area (Å²) in [4.78, 5) is 43.1. The Morgan fingerprint density at radius 3 is 2.04 bits per heavy atom. The third-order valence-corrected chi connectivity index (χ3v) is 3.64. The van der Waals surface area contributed by atoms with E-state index in [2.05, 4.69) is 5.32 Å². The zero-order valence-corrected chi connectivity index (χ0v) is 14.5. The minimum atomic E-state index is -5.08. The number of amides is 1. The number of halogens is 3. The van der Waals surface area contributed by atoms with Crippen molar-refractivity contribution in [3.05, 3.63) is 35.9 Å². The fraction of sp³-hybridized carbons (Fsp3) is 0.333. The third-order valence-electron chi connectivity index (χ3n) is 2.64. The maximum absolute atomic E-state index is 11.8. The number of carbonyl (C=O) groups excluding carboxylic acids is 2. The van der Waals surface area contributed by atoms with Crippen LogP contribution in [0.5, 0.6) is 0 Å². The highest BCUT2D eigenvalue weighted by molar-refractivity contribution is 8.14. The zero-order valence-electron chi connectivity index (χ0n) is 13.7. The van der Waals surface area contributed by atoms with E-state index in [1.807, 2.05) is 0 Å². The van der Waals surface area contributed by atoms with Crippen LogP contribution in [0.4, 0.5) is 13.2 Å². The van der Waals surface area contributed by atoms with Gasteiger partial charge in [0.25, 0.3) is 0 Å². The minimum absolute atomic E-state index is 0.0284. The standard InChI is InChI=1S/C13H16N2O4S.C2HF3O2/c14-7-6-11(16)15-10(12(17)18)8-20-13(19)9-4-2-1-3-5-9;3-2(4,5)1(6)7/h1-5,10H,6-8,14H2,(H,15,16)(H,17,18);(H,6,7)/t10-;/m0./s1.